The molecule has 3 nitrogen and oxygen atoms in total. The predicted octanol–water partition coefficient (Wildman–Crippen LogP) is 2.74. The quantitative estimate of drug-likeness (QED) is 0.898. The molecule has 0 aromatic heterocycles. The summed E-state index contributed by atoms with van der Waals surface area (Å²) < 4.78 is 11.6. The van der Waals surface area contributed by atoms with Gasteiger partial charge < -0.3 is 14.6 Å². The zero-order valence-corrected chi connectivity index (χ0v) is 10.5. The standard InChI is InChI=1S/C11H15BrO3/c1-3-4-15-11-9(12)5-8(7-13)6-10(11)14-2/h5-6,13H,3-4,7H2,1-2H3. The second-order valence-electron chi connectivity index (χ2n) is 3.12. The number of methoxy groups -OCH3 is 1. The Kier molecular flexibility index (Phi) is 4.91. The van der Waals surface area contributed by atoms with Crippen molar-refractivity contribution >= 4 is 15.9 Å². The number of hydrogen-bond acceptors (Lipinski definition) is 3. The molecule has 1 aromatic rings. The van der Waals surface area contributed by atoms with E-state index in [2.05, 4.69) is 15.9 Å². The summed E-state index contributed by atoms with van der Waals surface area (Å²) >= 11 is 3.39. The summed E-state index contributed by atoms with van der Waals surface area (Å²) in [5.74, 6) is 1.33. The van der Waals surface area contributed by atoms with Crippen LogP contribution < -0.4 is 9.47 Å². The first-order valence-electron chi connectivity index (χ1n) is 4.83. The van der Waals surface area contributed by atoms with Gasteiger partial charge in [0.1, 0.15) is 0 Å². The molecule has 0 aliphatic heterocycles. The normalized spacial score (nSPS) is 10.1. The highest BCUT2D eigenvalue weighted by Gasteiger charge is 2.10. The van der Waals surface area contributed by atoms with E-state index in [0.29, 0.717) is 18.1 Å². The largest absolute Gasteiger partial charge is 0.493 e. The zero-order valence-electron chi connectivity index (χ0n) is 8.92. The molecule has 15 heavy (non-hydrogen) atoms. The van der Waals surface area contributed by atoms with Crippen molar-refractivity contribution in [3.8, 4) is 11.5 Å². The highest BCUT2D eigenvalue weighted by atomic mass is 79.9. The van der Waals surface area contributed by atoms with E-state index in [9.17, 15) is 0 Å². The summed E-state index contributed by atoms with van der Waals surface area (Å²) in [5.41, 5.74) is 0.794. The van der Waals surface area contributed by atoms with Crippen molar-refractivity contribution in [2.75, 3.05) is 13.7 Å². The molecule has 0 fully saturated rings. The van der Waals surface area contributed by atoms with E-state index in [1.165, 1.54) is 0 Å². The van der Waals surface area contributed by atoms with Crippen LogP contribution in [0.25, 0.3) is 0 Å². The van der Waals surface area contributed by atoms with Crippen LogP contribution in [0.15, 0.2) is 16.6 Å². The van der Waals surface area contributed by atoms with E-state index >= 15 is 0 Å². The van der Waals surface area contributed by atoms with Gasteiger partial charge in [-0.15, -0.1) is 0 Å². The lowest BCUT2D eigenvalue weighted by atomic mass is 10.2. The Morgan fingerprint density at radius 1 is 1.40 bits per heavy atom. The Labute approximate surface area is 98.1 Å². The molecule has 84 valence electrons. The molecule has 4 heteroatoms. The molecule has 0 radical (unpaired) electrons. The molecule has 1 N–H and O–H groups in total. The smallest absolute Gasteiger partial charge is 0.175 e. The van der Waals surface area contributed by atoms with Crippen LogP contribution in [0.4, 0.5) is 0 Å². The van der Waals surface area contributed by atoms with Crippen molar-refractivity contribution in [2.24, 2.45) is 0 Å². The van der Waals surface area contributed by atoms with Gasteiger partial charge in [0.15, 0.2) is 11.5 Å². The van der Waals surface area contributed by atoms with E-state index in [-0.39, 0.29) is 6.61 Å². The molecule has 0 aliphatic carbocycles. The first-order valence-corrected chi connectivity index (χ1v) is 5.62. The van der Waals surface area contributed by atoms with Crippen molar-refractivity contribution in [1.29, 1.82) is 0 Å². The van der Waals surface area contributed by atoms with Gasteiger partial charge >= 0.3 is 0 Å². The van der Waals surface area contributed by atoms with Crippen LogP contribution in [0, 0.1) is 0 Å². The highest BCUT2D eigenvalue weighted by molar-refractivity contribution is 9.10. The Bertz CT molecular complexity index is 326. The topological polar surface area (TPSA) is 38.7 Å². The Morgan fingerprint density at radius 3 is 2.67 bits per heavy atom. The van der Waals surface area contributed by atoms with E-state index in [1.54, 1.807) is 13.2 Å². The van der Waals surface area contributed by atoms with Crippen LogP contribution in [-0.4, -0.2) is 18.8 Å². The minimum Gasteiger partial charge on any atom is -0.493 e. The summed E-state index contributed by atoms with van der Waals surface area (Å²) in [6, 6.07) is 3.60. The van der Waals surface area contributed by atoms with Crippen molar-refractivity contribution in [1.82, 2.24) is 0 Å². The van der Waals surface area contributed by atoms with Gasteiger partial charge in [-0.3, -0.25) is 0 Å². The fourth-order valence-electron chi connectivity index (χ4n) is 1.21. The number of aliphatic hydroxyl groups is 1. The Balaban J connectivity index is 3.01. The van der Waals surface area contributed by atoms with E-state index in [4.69, 9.17) is 14.6 Å². The minimum atomic E-state index is -0.0109. The molecule has 0 aliphatic rings. The zero-order chi connectivity index (χ0) is 11.3. The number of aliphatic hydroxyl groups excluding tert-OH is 1. The van der Waals surface area contributed by atoms with Crippen LogP contribution in [0.1, 0.15) is 18.9 Å². The average Bonchev–Trinajstić information content (AvgIpc) is 2.26. The summed E-state index contributed by atoms with van der Waals surface area (Å²) in [6.45, 7) is 2.68. The van der Waals surface area contributed by atoms with Gasteiger partial charge in [0.05, 0.1) is 24.8 Å². The SMILES string of the molecule is CCCOc1c(Br)cc(CO)cc1OC. The number of ether oxygens (including phenoxy) is 2. The summed E-state index contributed by atoms with van der Waals surface area (Å²) in [5, 5.41) is 9.03. The van der Waals surface area contributed by atoms with Gasteiger partial charge in [0.2, 0.25) is 0 Å². The molecule has 0 unspecified atom stereocenters. The van der Waals surface area contributed by atoms with E-state index in [0.717, 1.165) is 16.5 Å². The number of hydrogen-bond donors (Lipinski definition) is 1. The second kappa shape index (κ2) is 5.98. The third-order valence-electron chi connectivity index (χ3n) is 1.92. The molecule has 0 saturated carbocycles. The van der Waals surface area contributed by atoms with Gasteiger partial charge in [-0.1, -0.05) is 6.92 Å². The molecule has 0 heterocycles. The van der Waals surface area contributed by atoms with Gasteiger partial charge in [-0.25, -0.2) is 0 Å². The third kappa shape index (κ3) is 3.11. The maximum atomic E-state index is 9.03. The molecular formula is C11H15BrO3. The highest BCUT2D eigenvalue weighted by Crippen LogP contribution is 2.36. The molecule has 1 aromatic carbocycles. The number of halogens is 1. The van der Waals surface area contributed by atoms with Crippen molar-refractivity contribution in [3.05, 3.63) is 22.2 Å². The lowest BCUT2D eigenvalue weighted by Gasteiger charge is -2.13. The van der Waals surface area contributed by atoms with Gasteiger partial charge in [0, 0.05) is 0 Å². The first-order chi connectivity index (χ1) is 7.22. The fourth-order valence-corrected chi connectivity index (χ4v) is 1.81. The third-order valence-corrected chi connectivity index (χ3v) is 2.51. The minimum absolute atomic E-state index is 0.0109. The second-order valence-corrected chi connectivity index (χ2v) is 3.97. The lowest BCUT2D eigenvalue weighted by Crippen LogP contribution is -1.99. The van der Waals surface area contributed by atoms with Crippen LogP contribution >= 0.6 is 15.9 Å². The maximum Gasteiger partial charge on any atom is 0.175 e. The Morgan fingerprint density at radius 2 is 2.13 bits per heavy atom. The summed E-state index contributed by atoms with van der Waals surface area (Å²) in [4.78, 5) is 0. The molecule has 0 amide bonds. The average molecular weight is 275 g/mol. The van der Waals surface area contributed by atoms with Crippen molar-refractivity contribution in [2.45, 2.75) is 20.0 Å². The van der Waals surface area contributed by atoms with Crippen LogP contribution in [0.3, 0.4) is 0 Å². The fraction of sp³-hybridized carbons (Fsp3) is 0.455. The van der Waals surface area contributed by atoms with Crippen LogP contribution in [0.2, 0.25) is 0 Å². The van der Waals surface area contributed by atoms with Crippen molar-refractivity contribution < 1.29 is 14.6 Å². The number of benzene rings is 1. The number of rotatable bonds is 5. The van der Waals surface area contributed by atoms with Crippen LogP contribution in [0.5, 0.6) is 11.5 Å². The van der Waals surface area contributed by atoms with Crippen LogP contribution in [-0.2, 0) is 6.61 Å². The summed E-state index contributed by atoms with van der Waals surface area (Å²) in [7, 11) is 1.59. The molecule has 0 saturated heterocycles. The Hall–Kier alpha value is -0.740. The predicted molar refractivity (Wildman–Crippen MR) is 62.4 cm³/mol. The molecule has 0 spiro atoms. The summed E-state index contributed by atoms with van der Waals surface area (Å²) in [6.07, 6.45) is 0.942. The van der Waals surface area contributed by atoms with Gasteiger partial charge in [-0.05, 0) is 40.0 Å². The maximum absolute atomic E-state index is 9.03. The first kappa shape index (κ1) is 12.3. The molecule has 0 atom stereocenters. The molecule has 0 bridgehead atoms. The lowest BCUT2D eigenvalue weighted by molar-refractivity contribution is 0.276. The molecule has 1 rings (SSSR count). The van der Waals surface area contributed by atoms with E-state index < -0.39 is 0 Å². The monoisotopic (exact) mass is 274 g/mol. The van der Waals surface area contributed by atoms with E-state index in [1.807, 2.05) is 13.0 Å². The van der Waals surface area contributed by atoms with Gasteiger partial charge in [0.25, 0.3) is 0 Å². The van der Waals surface area contributed by atoms with Gasteiger partial charge in [-0.2, -0.15) is 0 Å². The molecular weight excluding hydrogens is 260 g/mol. The van der Waals surface area contributed by atoms with Crippen molar-refractivity contribution in [3.63, 3.8) is 0 Å².